The average Bonchev–Trinajstić information content (AvgIpc) is 2.78. The lowest BCUT2D eigenvalue weighted by Crippen LogP contribution is -2.37. The average molecular weight is 561 g/mol. The van der Waals surface area contributed by atoms with Crippen molar-refractivity contribution in [2.75, 3.05) is 5.32 Å². The van der Waals surface area contributed by atoms with Crippen LogP contribution in [-0.2, 0) is 0 Å². The topological polar surface area (TPSA) is 122 Å². The van der Waals surface area contributed by atoms with Crippen molar-refractivity contribution in [3.63, 3.8) is 0 Å². The van der Waals surface area contributed by atoms with Gasteiger partial charge < -0.3 is 30.0 Å². The minimum Gasteiger partial charge on any atom is -0.512 e. The molecule has 1 heterocycles. The predicted octanol–water partition coefficient (Wildman–Crippen LogP) is 3.52. The predicted molar refractivity (Wildman–Crippen MR) is 128 cm³/mol. The Bertz CT molecular complexity index is 1420. The number of anilines is 1. The van der Waals surface area contributed by atoms with Crippen LogP contribution in [0.4, 0.5) is 32.0 Å². The zero-order valence-electron chi connectivity index (χ0n) is 19.7. The Morgan fingerprint density at radius 3 is 1.90 bits per heavy atom. The first kappa shape index (κ1) is 30.1. The van der Waals surface area contributed by atoms with E-state index in [1.54, 1.807) is 0 Å². The number of pyridine rings is 1. The van der Waals surface area contributed by atoms with Crippen molar-refractivity contribution in [1.29, 1.82) is 0 Å². The third-order valence-electron chi connectivity index (χ3n) is 4.36. The molecule has 0 aliphatic rings. The summed E-state index contributed by atoms with van der Waals surface area (Å²) in [6, 6.07) is 6.98. The van der Waals surface area contributed by atoms with E-state index in [2.05, 4.69) is 19.8 Å². The number of carbonyl (C=O) groups excluding carboxylic acids is 2. The molecule has 0 saturated heterocycles. The quantitative estimate of drug-likeness (QED) is 0.303. The number of amides is 2. The molecule has 1 aromatic heterocycles. The molecule has 18 heteroatoms. The summed E-state index contributed by atoms with van der Waals surface area (Å²) in [4.78, 5) is 28.1. The van der Waals surface area contributed by atoms with Crippen LogP contribution in [0.3, 0.4) is 0 Å². The van der Waals surface area contributed by atoms with Gasteiger partial charge in [0.2, 0.25) is 0 Å². The van der Waals surface area contributed by atoms with Crippen molar-refractivity contribution in [2.45, 2.75) is 18.0 Å². The van der Waals surface area contributed by atoms with Crippen LogP contribution in [0.5, 0.6) is 28.7 Å². The van der Waals surface area contributed by atoms with Crippen LogP contribution in [0.2, 0.25) is 0 Å². The molecule has 0 aliphatic heterocycles. The van der Waals surface area contributed by atoms with Gasteiger partial charge in [-0.15, -0.1) is 26.3 Å². The second-order valence-corrected chi connectivity index (χ2v) is 7.67. The van der Waals surface area contributed by atoms with E-state index in [9.17, 15) is 35.9 Å². The number of nitrogens with zero attached hydrogens (tertiary/aromatic N) is 1. The monoisotopic (exact) mass is 561 g/mol. The van der Waals surface area contributed by atoms with Crippen LogP contribution in [0.15, 0.2) is 54.7 Å². The van der Waals surface area contributed by atoms with E-state index in [1.165, 1.54) is 6.07 Å². The summed E-state index contributed by atoms with van der Waals surface area (Å²) in [7, 11) is 16.1. The third kappa shape index (κ3) is 9.06. The van der Waals surface area contributed by atoms with Crippen molar-refractivity contribution < 1.29 is 54.9 Å². The fourth-order valence-electron chi connectivity index (χ4n) is 2.97. The van der Waals surface area contributed by atoms with E-state index in [0.717, 1.165) is 36.5 Å². The molecule has 202 valence electrons. The van der Waals surface area contributed by atoms with Crippen LogP contribution in [0.1, 0.15) is 20.8 Å². The van der Waals surface area contributed by atoms with Gasteiger partial charge in [0.25, 0.3) is 11.8 Å². The Morgan fingerprint density at radius 2 is 1.35 bits per heavy atom. The van der Waals surface area contributed by atoms with Crippen molar-refractivity contribution in [1.82, 2.24) is 4.98 Å². The van der Waals surface area contributed by atoms with Crippen LogP contribution in [-0.4, -0.2) is 58.4 Å². The Labute approximate surface area is 225 Å². The number of hydrogen-bond donors (Lipinski definition) is 2. The molecule has 3 rings (SSSR count). The first-order valence-electron chi connectivity index (χ1n) is 10.5. The van der Waals surface area contributed by atoms with Gasteiger partial charge in [0.15, 0.2) is 11.5 Å². The third-order valence-corrected chi connectivity index (χ3v) is 4.36. The molecule has 0 saturated carbocycles. The smallest absolute Gasteiger partial charge is 0.512 e. The largest absolute Gasteiger partial charge is 0.573 e. The van der Waals surface area contributed by atoms with Crippen LogP contribution in [0.25, 0.3) is 0 Å². The number of primary amides is 1. The highest BCUT2D eigenvalue weighted by molar-refractivity contribution is 6.58. The molecule has 40 heavy (non-hydrogen) atoms. The summed E-state index contributed by atoms with van der Waals surface area (Å²) in [5.41, 5.74) is 4.56. The van der Waals surface area contributed by atoms with Crippen LogP contribution >= 0.6 is 0 Å². The Hall–Kier alpha value is -4.50. The van der Waals surface area contributed by atoms with Crippen LogP contribution in [0, 0.1) is 0 Å². The number of rotatable bonds is 9. The molecule has 0 atom stereocenters. The van der Waals surface area contributed by atoms with Gasteiger partial charge in [0, 0.05) is 24.0 Å². The normalized spacial score (nSPS) is 11.8. The van der Waals surface area contributed by atoms with Crippen molar-refractivity contribution in [3.8, 4) is 28.7 Å². The molecular formula is C22H12B3F6N3O6. The minimum atomic E-state index is -5.13. The molecule has 0 spiro atoms. The fourth-order valence-corrected chi connectivity index (χ4v) is 2.97. The summed E-state index contributed by atoms with van der Waals surface area (Å²) in [6.07, 6.45) is -9.09. The summed E-state index contributed by atoms with van der Waals surface area (Å²) < 4.78 is 94.7. The lowest BCUT2D eigenvalue weighted by atomic mass is 9.52. The van der Waals surface area contributed by atoms with Gasteiger partial charge in [-0.25, -0.2) is 0 Å². The molecule has 0 bridgehead atoms. The molecule has 3 N–H and O–H groups in total. The molecular weight excluding hydrogens is 549 g/mol. The Morgan fingerprint density at radius 1 is 0.775 bits per heavy atom. The maximum Gasteiger partial charge on any atom is 0.573 e. The van der Waals surface area contributed by atoms with Gasteiger partial charge >= 0.3 is 12.7 Å². The number of nitrogens with two attached hydrogens (primary N) is 1. The maximum absolute atomic E-state index is 13.0. The highest BCUT2D eigenvalue weighted by Crippen LogP contribution is 2.40. The first-order valence-corrected chi connectivity index (χ1v) is 10.5. The van der Waals surface area contributed by atoms with Gasteiger partial charge in [-0.1, -0.05) is 0 Å². The zero-order valence-corrected chi connectivity index (χ0v) is 19.7. The van der Waals surface area contributed by atoms with Gasteiger partial charge in [-0.05, 0) is 41.7 Å². The summed E-state index contributed by atoms with van der Waals surface area (Å²) in [5, 5.41) is -0.0933. The van der Waals surface area contributed by atoms with Gasteiger partial charge in [-0.2, -0.15) is 0 Å². The lowest BCUT2D eigenvalue weighted by molar-refractivity contribution is -0.275. The summed E-state index contributed by atoms with van der Waals surface area (Å²) in [6.45, 7) is 0. The minimum absolute atomic E-state index is 0.0206. The van der Waals surface area contributed by atoms with Crippen molar-refractivity contribution in [2.24, 2.45) is 5.73 Å². The second kappa shape index (κ2) is 11.3. The molecule has 0 unspecified atom stereocenters. The van der Waals surface area contributed by atoms with Crippen LogP contribution < -0.4 is 30.0 Å². The van der Waals surface area contributed by atoms with E-state index < -0.39 is 64.1 Å². The number of halogens is 6. The molecule has 2 amide bonds. The summed E-state index contributed by atoms with van der Waals surface area (Å²) >= 11 is 0. The molecule has 0 aliphatic carbocycles. The lowest BCUT2D eigenvalue weighted by Gasteiger charge is -2.25. The SMILES string of the molecule is [B]C([B])([B])Oc1cc(OC(F)(F)F)ccc1Oc1cc(OC(F)(F)F)ccc1C(=O)Nc1ccnc(C(N)=O)c1. The van der Waals surface area contributed by atoms with E-state index in [-0.39, 0.29) is 11.4 Å². The van der Waals surface area contributed by atoms with E-state index in [0.29, 0.717) is 12.1 Å². The number of alkyl halides is 6. The van der Waals surface area contributed by atoms with E-state index in [4.69, 9.17) is 38.7 Å². The summed E-state index contributed by atoms with van der Waals surface area (Å²) in [5.74, 6) is -5.29. The number of aromatic nitrogens is 1. The number of hydrogen-bond acceptors (Lipinski definition) is 7. The second-order valence-electron chi connectivity index (χ2n) is 7.67. The fraction of sp³-hybridized carbons (Fsp3) is 0.136. The number of benzene rings is 2. The standard InChI is InChI=1S/C22H12B3F6N3O6/c23-20(24,25)40-17-9-12(39-22(29,30)31)2-4-15(17)37-16-8-11(38-21(26,27)28)1-3-13(16)19(36)34-10-5-6-33-14(7-10)18(32)35/h1-9H,(H2,32,35)(H,33,34,36). The van der Waals surface area contributed by atoms with Crippen molar-refractivity contribution >= 4 is 41.0 Å². The first-order chi connectivity index (χ1) is 18.4. The van der Waals surface area contributed by atoms with Gasteiger partial charge in [0.1, 0.15) is 46.5 Å². The van der Waals surface area contributed by atoms with E-state index >= 15 is 0 Å². The van der Waals surface area contributed by atoms with Gasteiger partial charge in [-0.3, -0.25) is 14.6 Å². The molecule has 2 aromatic carbocycles. The van der Waals surface area contributed by atoms with Gasteiger partial charge in [0.05, 0.1) is 5.56 Å². The maximum atomic E-state index is 13.0. The Kier molecular flexibility index (Phi) is 8.50. The number of nitrogens with one attached hydrogen (secondary N) is 1. The number of ether oxygens (including phenoxy) is 4. The zero-order chi connectivity index (χ0) is 29.9. The number of carbonyl (C=O) groups is 2. The van der Waals surface area contributed by atoms with E-state index in [1.807, 2.05) is 0 Å². The molecule has 0 fully saturated rings. The molecule has 9 nitrogen and oxygen atoms in total. The van der Waals surface area contributed by atoms with Crippen molar-refractivity contribution in [3.05, 3.63) is 66.0 Å². The molecule has 3 aromatic rings. The highest BCUT2D eigenvalue weighted by atomic mass is 19.4. The highest BCUT2D eigenvalue weighted by Gasteiger charge is 2.33. The molecule has 6 radical (unpaired) electrons. The Balaban J connectivity index is 2.05.